The van der Waals surface area contributed by atoms with E-state index in [1.54, 1.807) is 0 Å². The number of hydrogen-bond donors (Lipinski definition) is 2. The van der Waals surface area contributed by atoms with Crippen molar-refractivity contribution in [1.29, 1.82) is 0 Å². The topological polar surface area (TPSA) is 78.9 Å². The zero-order valence-electron chi connectivity index (χ0n) is 17.2. The number of carbonyl (C=O) groups excluding carboxylic acids is 1. The number of likely N-dealkylation sites (tertiary alicyclic amines) is 1. The number of rotatable bonds is 6. The van der Waals surface area contributed by atoms with Crippen molar-refractivity contribution in [3.63, 3.8) is 0 Å². The van der Waals surface area contributed by atoms with Crippen LogP contribution in [-0.2, 0) is 9.53 Å². The molecule has 0 bridgehead atoms. The minimum Gasteiger partial charge on any atom is -0.481 e. The van der Waals surface area contributed by atoms with Crippen LogP contribution in [0, 0.1) is 5.92 Å². The van der Waals surface area contributed by atoms with Crippen molar-refractivity contribution in [3.8, 4) is 11.1 Å². The van der Waals surface area contributed by atoms with Gasteiger partial charge in [-0.15, -0.1) is 0 Å². The third-order valence-corrected chi connectivity index (χ3v) is 6.04. The monoisotopic (exact) mass is 408 g/mol. The number of nitrogens with zero attached hydrogens (tertiary/aromatic N) is 1. The standard InChI is InChI=1S/C24H28N2O4/c1-16-12-17(14-26(13-16)11-10-23(27)28)25-24(29)30-15-22-20-8-4-2-6-18(20)19-7-3-5-9-21(19)22/h2-9,16-17,22H,10-15H2,1H3,(H,25,29)(H,27,28). The molecule has 2 aromatic carbocycles. The zero-order valence-corrected chi connectivity index (χ0v) is 17.2. The first kappa shape index (κ1) is 20.4. The Morgan fingerprint density at radius 1 is 1.07 bits per heavy atom. The van der Waals surface area contributed by atoms with Crippen LogP contribution in [-0.4, -0.2) is 54.4 Å². The van der Waals surface area contributed by atoms with Crippen molar-refractivity contribution in [2.75, 3.05) is 26.2 Å². The number of fused-ring (bicyclic) bond motifs is 3. The number of carboxylic acid groups (broad SMARTS) is 1. The summed E-state index contributed by atoms with van der Waals surface area (Å²) in [7, 11) is 0. The van der Waals surface area contributed by atoms with E-state index in [-0.39, 0.29) is 18.4 Å². The van der Waals surface area contributed by atoms with Crippen molar-refractivity contribution in [1.82, 2.24) is 10.2 Å². The number of carbonyl (C=O) groups is 2. The van der Waals surface area contributed by atoms with Gasteiger partial charge in [0, 0.05) is 31.6 Å². The maximum atomic E-state index is 12.5. The maximum Gasteiger partial charge on any atom is 0.407 e. The normalized spacial score (nSPS) is 21.0. The molecular formula is C24H28N2O4. The fourth-order valence-corrected chi connectivity index (χ4v) is 4.81. The number of piperidine rings is 1. The van der Waals surface area contributed by atoms with Gasteiger partial charge in [-0.25, -0.2) is 4.79 Å². The van der Waals surface area contributed by atoms with E-state index in [9.17, 15) is 9.59 Å². The molecule has 6 heteroatoms. The van der Waals surface area contributed by atoms with Gasteiger partial charge in [-0.2, -0.15) is 0 Å². The molecule has 0 spiro atoms. The molecular weight excluding hydrogens is 380 g/mol. The van der Waals surface area contributed by atoms with Crippen molar-refractivity contribution >= 4 is 12.1 Å². The van der Waals surface area contributed by atoms with Gasteiger partial charge in [0.05, 0.1) is 6.42 Å². The minimum absolute atomic E-state index is 0.0294. The van der Waals surface area contributed by atoms with Crippen LogP contribution in [0.25, 0.3) is 11.1 Å². The lowest BCUT2D eigenvalue weighted by atomic mass is 9.96. The van der Waals surface area contributed by atoms with Crippen molar-refractivity contribution < 1.29 is 19.4 Å². The number of nitrogens with one attached hydrogen (secondary N) is 1. The second kappa shape index (κ2) is 8.88. The Balaban J connectivity index is 1.35. The Hall–Kier alpha value is -2.86. The van der Waals surface area contributed by atoms with Gasteiger partial charge in [0.25, 0.3) is 0 Å². The second-order valence-electron chi connectivity index (χ2n) is 8.41. The highest BCUT2D eigenvalue weighted by molar-refractivity contribution is 5.79. The van der Waals surface area contributed by atoms with Crippen LogP contribution in [0.4, 0.5) is 4.79 Å². The summed E-state index contributed by atoms with van der Waals surface area (Å²) in [5.74, 6) is -0.360. The molecule has 30 heavy (non-hydrogen) atoms. The lowest BCUT2D eigenvalue weighted by Crippen LogP contribution is -2.50. The molecule has 1 fully saturated rings. The Morgan fingerprint density at radius 2 is 1.70 bits per heavy atom. The highest BCUT2D eigenvalue weighted by atomic mass is 16.5. The lowest BCUT2D eigenvalue weighted by molar-refractivity contribution is -0.137. The SMILES string of the molecule is CC1CC(NC(=O)OCC2c3ccccc3-c3ccccc32)CN(CCC(=O)O)C1. The van der Waals surface area contributed by atoms with Gasteiger partial charge in [-0.1, -0.05) is 55.5 Å². The van der Waals surface area contributed by atoms with E-state index >= 15 is 0 Å². The van der Waals surface area contributed by atoms with Crippen LogP contribution in [0.15, 0.2) is 48.5 Å². The molecule has 0 radical (unpaired) electrons. The number of hydrogen-bond acceptors (Lipinski definition) is 4. The minimum atomic E-state index is -0.797. The first-order chi connectivity index (χ1) is 14.5. The van der Waals surface area contributed by atoms with Gasteiger partial charge in [0.15, 0.2) is 0 Å². The number of carboxylic acids is 1. The third kappa shape index (κ3) is 4.49. The van der Waals surface area contributed by atoms with Crippen LogP contribution < -0.4 is 5.32 Å². The molecule has 1 saturated heterocycles. The predicted octanol–water partition coefficient (Wildman–Crippen LogP) is 3.71. The van der Waals surface area contributed by atoms with E-state index in [4.69, 9.17) is 9.84 Å². The number of alkyl carbamates (subject to hydrolysis) is 1. The van der Waals surface area contributed by atoms with Gasteiger partial charge in [0.1, 0.15) is 6.61 Å². The van der Waals surface area contributed by atoms with Crippen molar-refractivity contribution in [3.05, 3.63) is 59.7 Å². The van der Waals surface area contributed by atoms with Crippen LogP contribution in [0.5, 0.6) is 0 Å². The highest BCUT2D eigenvalue weighted by Gasteiger charge is 2.30. The fourth-order valence-electron chi connectivity index (χ4n) is 4.81. The molecule has 2 N–H and O–H groups in total. The molecule has 2 unspecified atom stereocenters. The largest absolute Gasteiger partial charge is 0.481 e. The van der Waals surface area contributed by atoms with Crippen LogP contribution in [0.2, 0.25) is 0 Å². The van der Waals surface area contributed by atoms with Gasteiger partial charge >= 0.3 is 12.1 Å². The summed E-state index contributed by atoms with van der Waals surface area (Å²) < 4.78 is 5.65. The zero-order chi connectivity index (χ0) is 21.1. The molecule has 2 aliphatic rings. The smallest absolute Gasteiger partial charge is 0.407 e. The summed E-state index contributed by atoms with van der Waals surface area (Å²) in [6.07, 6.45) is 0.576. The first-order valence-electron chi connectivity index (χ1n) is 10.6. The van der Waals surface area contributed by atoms with E-state index in [1.807, 2.05) is 24.3 Å². The average molecular weight is 408 g/mol. The van der Waals surface area contributed by atoms with E-state index < -0.39 is 12.1 Å². The second-order valence-corrected chi connectivity index (χ2v) is 8.41. The van der Waals surface area contributed by atoms with Crippen LogP contribution in [0.1, 0.15) is 36.8 Å². The Kier molecular flexibility index (Phi) is 6.04. The summed E-state index contributed by atoms with van der Waals surface area (Å²) in [5.41, 5.74) is 4.80. The molecule has 0 aromatic heterocycles. The molecule has 158 valence electrons. The Morgan fingerprint density at radius 3 is 2.33 bits per heavy atom. The highest BCUT2D eigenvalue weighted by Crippen LogP contribution is 2.44. The van der Waals surface area contributed by atoms with Crippen molar-refractivity contribution in [2.45, 2.75) is 31.7 Å². The van der Waals surface area contributed by atoms with E-state index in [2.05, 4.69) is 41.4 Å². The lowest BCUT2D eigenvalue weighted by Gasteiger charge is -2.36. The van der Waals surface area contributed by atoms with E-state index in [0.717, 1.165) is 13.0 Å². The maximum absolute atomic E-state index is 12.5. The third-order valence-electron chi connectivity index (χ3n) is 6.04. The fraction of sp³-hybridized carbons (Fsp3) is 0.417. The molecule has 1 aliphatic carbocycles. The number of aliphatic carboxylic acids is 1. The summed E-state index contributed by atoms with van der Waals surface area (Å²) in [4.78, 5) is 25.5. The quantitative estimate of drug-likeness (QED) is 0.762. The molecule has 1 amide bonds. The molecule has 1 aliphatic heterocycles. The van der Waals surface area contributed by atoms with E-state index in [1.165, 1.54) is 22.3 Å². The van der Waals surface area contributed by atoms with Gasteiger partial charge in [-0.3, -0.25) is 4.79 Å². The van der Waals surface area contributed by atoms with Crippen molar-refractivity contribution in [2.24, 2.45) is 5.92 Å². The summed E-state index contributed by atoms with van der Waals surface area (Å²) in [5, 5.41) is 11.9. The van der Waals surface area contributed by atoms with Gasteiger partial charge in [-0.05, 0) is 34.6 Å². The molecule has 6 nitrogen and oxygen atoms in total. The Labute approximate surface area is 176 Å². The number of ether oxygens (including phenoxy) is 1. The summed E-state index contributed by atoms with van der Waals surface area (Å²) in [6.45, 7) is 4.44. The summed E-state index contributed by atoms with van der Waals surface area (Å²) in [6, 6.07) is 16.5. The Bertz CT molecular complexity index is 883. The molecule has 4 rings (SSSR count). The van der Waals surface area contributed by atoms with Crippen LogP contribution in [0.3, 0.4) is 0 Å². The average Bonchev–Trinajstić information content (AvgIpc) is 3.04. The van der Waals surface area contributed by atoms with E-state index in [0.29, 0.717) is 25.6 Å². The first-order valence-corrected chi connectivity index (χ1v) is 10.6. The van der Waals surface area contributed by atoms with Gasteiger partial charge < -0.3 is 20.1 Å². The predicted molar refractivity (Wildman–Crippen MR) is 114 cm³/mol. The molecule has 2 atom stereocenters. The number of amides is 1. The van der Waals surface area contributed by atoms with Crippen LogP contribution >= 0.6 is 0 Å². The number of benzene rings is 2. The molecule has 2 aromatic rings. The summed E-state index contributed by atoms with van der Waals surface area (Å²) >= 11 is 0. The van der Waals surface area contributed by atoms with Gasteiger partial charge in [0.2, 0.25) is 0 Å². The molecule has 0 saturated carbocycles. The molecule has 1 heterocycles.